The smallest absolute Gasteiger partial charge is 0.339 e. The van der Waals surface area contributed by atoms with Crippen LogP contribution in [0.15, 0.2) is 30.3 Å². The van der Waals surface area contributed by atoms with Crippen LogP contribution in [-0.4, -0.2) is 145 Å². The predicted molar refractivity (Wildman–Crippen MR) is 144 cm³/mol. The highest BCUT2D eigenvalue weighted by molar-refractivity contribution is 7.52. The van der Waals surface area contributed by atoms with Gasteiger partial charge in [0.15, 0.2) is 0 Å². The van der Waals surface area contributed by atoms with E-state index < -0.39 is 47.7 Å². The van der Waals surface area contributed by atoms with Gasteiger partial charge in [-0.1, -0.05) is 30.3 Å². The molecule has 2 rings (SSSR count). The molecule has 0 aliphatic carbocycles. The van der Waals surface area contributed by atoms with Crippen LogP contribution in [0.5, 0.6) is 0 Å². The summed E-state index contributed by atoms with van der Waals surface area (Å²) in [6.45, 7) is 1.78. The highest BCUT2D eigenvalue weighted by Crippen LogP contribution is 2.37. The van der Waals surface area contributed by atoms with Crippen molar-refractivity contribution in [2.24, 2.45) is 0 Å². The molecule has 1 aliphatic heterocycles. The van der Waals surface area contributed by atoms with Gasteiger partial charge in [-0.2, -0.15) is 0 Å². The molecular weight excluding hydrogens is 577 g/mol. The topological polar surface area (TPSA) is 215 Å². The minimum atomic E-state index is -4.45. The minimum Gasteiger partial charge on any atom is -0.389 e. The summed E-state index contributed by atoms with van der Waals surface area (Å²) in [5.41, 5.74) is 0.949. The van der Waals surface area contributed by atoms with Gasteiger partial charge in [0, 0.05) is 58.9 Å². The maximum absolute atomic E-state index is 11.7. The molecule has 1 aromatic rings. The van der Waals surface area contributed by atoms with Gasteiger partial charge in [0.05, 0.1) is 19.3 Å². The number of hydrogen-bond donors (Lipinski definition) is 7. The molecule has 0 radical (unpaired) electrons. The van der Waals surface area contributed by atoms with Crippen LogP contribution >= 0.6 is 22.8 Å². The molecule has 1 unspecified atom stereocenters. The summed E-state index contributed by atoms with van der Waals surface area (Å²) in [5, 5.41) is 10.6. The number of aliphatic hydroxyl groups is 1. The Kier molecular flexibility index (Phi) is 14.4. The van der Waals surface area contributed by atoms with Crippen molar-refractivity contribution >= 4 is 22.8 Å². The van der Waals surface area contributed by atoms with Crippen LogP contribution in [0.25, 0.3) is 0 Å². The van der Waals surface area contributed by atoms with Gasteiger partial charge >= 0.3 is 22.8 Å². The van der Waals surface area contributed by atoms with E-state index in [2.05, 4.69) is 0 Å². The van der Waals surface area contributed by atoms with Crippen molar-refractivity contribution in [1.29, 1.82) is 0 Å². The third-order valence-electron chi connectivity index (χ3n) is 5.97. The Bertz CT molecular complexity index is 951. The standard InChI is InChI=1S/C21H41N4O11P3/c26-21(16-36-15-20-4-2-1-3-5-20)14-22-6-8-23(17-37(27,28)29)10-12-25(19-39(33,34)35)13-11-24(9-7-22)18-38(30,31)32/h1-5,21,26H,6-19H2,(H2,27,28,29)(H2,30,31,32)(H2,33,34,35). The summed E-state index contributed by atoms with van der Waals surface area (Å²) in [4.78, 5) is 63.3. The van der Waals surface area contributed by atoms with E-state index >= 15 is 0 Å². The summed E-state index contributed by atoms with van der Waals surface area (Å²) in [5.74, 6) is 0. The first-order chi connectivity index (χ1) is 18.1. The molecule has 7 N–H and O–H groups in total. The molecule has 0 spiro atoms. The summed E-state index contributed by atoms with van der Waals surface area (Å²) in [7, 11) is -13.3. The largest absolute Gasteiger partial charge is 0.389 e. The molecule has 0 saturated carbocycles. The summed E-state index contributed by atoms with van der Waals surface area (Å²) >= 11 is 0. The third-order valence-corrected chi connectivity index (χ3v) is 8.28. The molecule has 1 atom stereocenters. The molecular formula is C21H41N4O11P3. The van der Waals surface area contributed by atoms with Crippen molar-refractivity contribution in [2.75, 3.05) is 84.4 Å². The van der Waals surface area contributed by atoms with Gasteiger partial charge in [-0.25, -0.2) is 0 Å². The number of rotatable bonds is 12. The summed E-state index contributed by atoms with van der Waals surface area (Å²) in [6.07, 6.45) is -2.57. The van der Waals surface area contributed by atoms with Crippen molar-refractivity contribution in [3.05, 3.63) is 35.9 Å². The number of ether oxygens (including phenoxy) is 1. The number of β-amino-alcohol motifs (C(OH)–C–C–N with tert-alkyl or cyclic N) is 1. The lowest BCUT2D eigenvalue weighted by atomic mass is 10.2. The Morgan fingerprint density at radius 2 is 1.00 bits per heavy atom. The first-order valence-corrected chi connectivity index (χ1v) is 17.8. The Balaban J connectivity index is 2.11. The third kappa shape index (κ3) is 17.1. The first-order valence-electron chi connectivity index (χ1n) is 12.4. The Morgan fingerprint density at radius 1 is 0.641 bits per heavy atom. The van der Waals surface area contributed by atoms with Gasteiger partial charge in [-0.3, -0.25) is 33.3 Å². The van der Waals surface area contributed by atoms with E-state index in [-0.39, 0.29) is 65.5 Å². The molecule has 15 nitrogen and oxygen atoms in total. The Labute approximate surface area is 228 Å². The van der Waals surface area contributed by atoms with Crippen molar-refractivity contribution in [1.82, 2.24) is 19.6 Å². The zero-order chi connectivity index (χ0) is 29.1. The molecule has 1 heterocycles. The van der Waals surface area contributed by atoms with Gasteiger partial charge in [0.25, 0.3) is 0 Å². The number of hydrogen-bond acceptors (Lipinski definition) is 9. The minimum absolute atomic E-state index is 0.0428. The number of aliphatic hydroxyl groups excluding tert-OH is 1. The molecule has 1 aromatic carbocycles. The SMILES string of the molecule is O=P(O)(O)CN1CCN(CC(O)COCc2ccccc2)CCN(CP(=O)(O)O)CCN(CP(=O)(O)O)CC1. The van der Waals surface area contributed by atoms with Crippen LogP contribution in [0, 0.1) is 0 Å². The molecule has 0 amide bonds. The predicted octanol–water partition coefficient (Wildman–Crippen LogP) is -0.809. The van der Waals surface area contributed by atoms with Crippen molar-refractivity contribution < 1.29 is 52.9 Å². The summed E-state index contributed by atoms with van der Waals surface area (Å²) in [6, 6.07) is 9.44. The van der Waals surface area contributed by atoms with E-state index in [1.165, 1.54) is 14.7 Å². The van der Waals surface area contributed by atoms with Crippen LogP contribution < -0.4 is 0 Å². The van der Waals surface area contributed by atoms with Crippen LogP contribution in [0.3, 0.4) is 0 Å². The van der Waals surface area contributed by atoms with E-state index in [0.717, 1.165) is 5.56 Å². The second-order valence-electron chi connectivity index (χ2n) is 9.73. The lowest BCUT2D eigenvalue weighted by molar-refractivity contribution is 0.00689. The average molecular weight is 618 g/mol. The normalized spacial score (nSPS) is 19.9. The second kappa shape index (κ2) is 16.2. The Morgan fingerprint density at radius 3 is 1.36 bits per heavy atom. The molecule has 1 aliphatic rings. The van der Waals surface area contributed by atoms with Crippen LogP contribution in [0.2, 0.25) is 0 Å². The molecule has 226 valence electrons. The summed E-state index contributed by atoms with van der Waals surface area (Å²) < 4.78 is 40.7. The Hall–Kier alpha value is -0.570. The average Bonchev–Trinajstić information content (AvgIpc) is 2.79. The molecule has 1 fully saturated rings. The fraction of sp³-hybridized carbons (Fsp3) is 0.714. The molecule has 39 heavy (non-hydrogen) atoms. The highest BCUT2D eigenvalue weighted by Gasteiger charge is 2.27. The fourth-order valence-electron chi connectivity index (χ4n) is 4.20. The maximum atomic E-state index is 11.7. The quantitative estimate of drug-likeness (QED) is 0.143. The van der Waals surface area contributed by atoms with E-state index in [4.69, 9.17) is 4.74 Å². The monoisotopic (exact) mass is 618 g/mol. The van der Waals surface area contributed by atoms with Gasteiger partial charge < -0.3 is 39.2 Å². The fourth-order valence-corrected chi connectivity index (χ4v) is 6.62. The second-order valence-corrected chi connectivity index (χ2v) is 14.6. The number of benzene rings is 1. The van der Waals surface area contributed by atoms with Gasteiger partial charge in [0.2, 0.25) is 0 Å². The highest BCUT2D eigenvalue weighted by atomic mass is 31.2. The van der Waals surface area contributed by atoms with Crippen LogP contribution in [0.4, 0.5) is 0 Å². The first kappa shape index (κ1) is 34.6. The van der Waals surface area contributed by atoms with E-state index in [9.17, 15) is 48.2 Å². The molecule has 0 bridgehead atoms. The van der Waals surface area contributed by atoms with Crippen molar-refractivity contribution in [3.63, 3.8) is 0 Å². The van der Waals surface area contributed by atoms with Crippen molar-refractivity contribution in [2.45, 2.75) is 12.7 Å². The van der Waals surface area contributed by atoms with Crippen molar-refractivity contribution in [3.8, 4) is 0 Å². The van der Waals surface area contributed by atoms with E-state index in [1.54, 1.807) is 0 Å². The van der Waals surface area contributed by atoms with Gasteiger partial charge in [-0.15, -0.1) is 0 Å². The van der Waals surface area contributed by atoms with E-state index in [0.29, 0.717) is 6.61 Å². The zero-order valence-electron chi connectivity index (χ0n) is 21.8. The maximum Gasteiger partial charge on any atom is 0.339 e. The van der Waals surface area contributed by atoms with Crippen LogP contribution in [0.1, 0.15) is 5.56 Å². The molecule has 0 aromatic heterocycles. The lowest BCUT2D eigenvalue weighted by Crippen LogP contribution is -2.48. The number of nitrogens with zero attached hydrogens (tertiary/aromatic N) is 4. The molecule has 1 saturated heterocycles. The van der Waals surface area contributed by atoms with Crippen LogP contribution in [-0.2, 0) is 25.0 Å². The zero-order valence-corrected chi connectivity index (χ0v) is 24.4. The van der Waals surface area contributed by atoms with Gasteiger partial charge in [-0.05, 0) is 5.56 Å². The van der Waals surface area contributed by atoms with Gasteiger partial charge in [0.1, 0.15) is 18.9 Å². The van der Waals surface area contributed by atoms with E-state index in [1.807, 2.05) is 35.2 Å². The lowest BCUT2D eigenvalue weighted by Gasteiger charge is -2.34. The molecule has 18 heteroatoms.